The molecule has 26 heavy (non-hydrogen) atoms. The number of likely N-dealkylation sites (tertiary alicyclic amines) is 1. The molecule has 0 bridgehead atoms. The van der Waals surface area contributed by atoms with Gasteiger partial charge >= 0.3 is 0 Å². The van der Waals surface area contributed by atoms with Crippen LogP contribution in [0.1, 0.15) is 33.6 Å². The molecule has 1 fully saturated rings. The molecule has 1 aromatic carbocycles. The lowest BCUT2D eigenvalue weighted by Crippen LogP contribution is -2.41. The molecule has 1 N–H and O–H groups in total. The number of methoxy groups -OCH3 is 1. The number of hydrogen-bond donors (Lipinski definition) is 1. The Morgan fingerprint density at radius 2 is 2.04 bits per heavy atom. The van der Waals surface area contributed by atoms with Gasteiger partial charge in [0.25, 0.3) is 11.8 Å². The van der Waals surface area contributed by atoms with Crippen molar-refractivity contribution >= 4 is 11.8 Å². The molecule has 0 unspecified atom stereocenters. The van der Waals surface area contributed by atoms with Gasteiger partial charge in [-0.1, -0.05) is 6.07 Å². The number of aromatic nitrogens is 2. The summed E-state index contributed by atoms with van der Waals surface area (Å²) in [6, 6.07) is 7.23. The van der Waals surface area contributed by atoms with E-state index in [1.54, 1.807) is 37.3 Å². The van der Waals surface area contributed by atoms with Crippen LogP contribution in [0.25, 0.3) is 0 Å². The summed E-state index contributed by atoms with van der Waals surface area (Å²) < 4.78 is 6.79. The molecule has 0 aliphatic carbocycles. The monoisotopic (exact) mass is 356 g/mol. The van der Waals surface area contributed by atoms with Gasteiger partial charge in [0.1, 0.15) is 5.75 Å². The van der Waals surface area contributed by atoms with Gasteiger partial charge < -0.3 is 15.0 Å². The molecule has 0 atom stereocenters. The van der Waals surface area contributed by atoms with E-state index in [0.29, 0.717) is 42.4 Å². The Kier molecular flexibility index (Phi) is 5.55. The van der Waals surface area contributed by atoms with Crippen molar-refractivity contribution in [3.05, 3.63) is 47.8 Å². The van der Waals surface area contributed by atoms with Crippen LogP contribution in [0.3, 0.4) is 0 Å². The third-order valence-electron chi connectivity index (χ3n) is 4.74. The van der Waals surface area contributed by atoms with Gasteiger partial charge in [0, 0.05) is 38.4 Å². The SMILES string of the molecule is COc1cccc(C(=O)N2CCC(CNC(=O)c3cnn(C)c3)CC2)c1. The van der Waals surface area contributed by atoms with Crippen molar-refractivity contribution in [1.82, 2.24) is 20.0 Å². The summed E-state index contributed by atoms with van der Waals surface area (Å²) in [7, 11) is 3.38. The number of carbonyl (C=O) groups excluding carboxylic acids is 2. The van der Waals surface area contributed by atoms with Crippen LogP contribution in [0.5, 0.6) is 5.75 Å². The molecule has 2 aromatic rings. The van der Waals surface area contributed by atoms with E-state index in [1.165, 1.54) is 0 Å². The molecule has 7 nitrogen and oxygen atoms in total. The Morgan fingerprint density at radius 3 is 2.69 bits per heavy atom. The summed E-state index contributed by atoms with van der Waals surface area (Å²) in [5, 5.41) is 6.97. The smallest absolute Gasteiger partial charge is 0.254 e. The first-order valence-corrected chi connectivity index (χ1v) is 8.77. The van der Waals surface area contributed by atoms with Crippen LogP contribution in [0.4, 0.5) is 0 Å². The first kappa shape index (κ1) is 18.0. The number of piperidine rings is 1. The highest BCUT2D eigenvalue weighted by Gasteiger charge is 2.24. The fourth-order valence-corrected chi connectivity index (χ4v) is 3.16. The van der Waals surface area contributed by atoms with Gasteiger partial charge in [-0.3, -0.25) is 14.3 Å². The second-order valence-electron chi connectivity index (χ2n) is 6.58. The minimum Gasteiger partial charge on any atom is -0.497 e. The van der Waals surface area contributed by atoms with Crippen molar-refractivity contribution in [2.45, 2.75) is 12.8 Å². The van der Waals surface area contributed by atoms with Crippen molar-refractivity contribution in [3.8, 4) is 5.75 Å². The number of ether oxygens (including phenoxy) is 1. The van der Waals surface area contributed by atoms with Crippen LogP contribution < -0.4 is 10.1 Å². The van der Waals surface area contributed by atoms with Crippen molar-refractivity contribution < 1.29 is 14.3 Å². The van der Waals surface area contributed by atoms with Crippen molar-refractivity contribution in [2.75, 3.05) is 26.7 Å². The number of aryl methyl sites for hydroxylation is 1. The van der Waals surface area contributed by atoms with Crippen LogP contribution in [-0.2, 0) is 7.05 Å². The average molecular weight is 356 g/mol. The van der Waals surface area contributed by atoms with E-state index < -0.39 is 0 Å². The van der Waals surface area contributed by atoms with Gasteiger partial charge in [-0.2, -0.15) is 5.10 Å². The Morgan fingerprint density at radius 1 is 1.27 bits per heavy atom. The molecule has 0 spiro atoms. The third-order valence-corrected chi connectivity index (χ3v) is 4.74. The second kappa shape index (κ2) is 8.03. The van der Waals surface area contributed by atoms with Crippen LogP contribution in [0, 0.1) is 5.92 Å². The molecular weight excluding hydrogens is 332 g/mol. The number of carbonyl (C=O) groups is 2. The zero-order chi connectivity index (χ0) is 18.5. The summed E-state index contributed by atoms with van der Waals surface area (Å²) >= 11 is 0. The first-order valence-electron chi connectivity index (χ1n) is 8.77. The maximum absolute atomic E-state index is 12.6. The van der Waals surface area contributed by atoms with Crippen LogP contribution in [0.15, 0.2) is 36.7 Å². The number of amides is 2. The molecule has 0 radical (unpaired) electrons. The summed E-state index contributed by atoms with van der Waals surface area (Å²) in [4.78, 5) is 26.6. The number of rotatable bonds is 5. The molecule has 7 heteroatoms. The third kappa shape index (κ3) is 4.22. The van der Waals surface area contributed by atoms with Gasteiger partial charge in [0.15, 0.2) is 0 Å². The van der Waals surface area contributed by atoms with Crippen LogP contribution in [-0.4, -0.2) is 53.2 Å². The van der Waals surface area contributed by atoms with E-state index in [1.807, 2.05) is 23.1 Å². The highest BCUT2D eigenvalue weighted by molar-refractivity contribution is 5.95. The number of benzene rings is 1. The molecular formula is C19H24N4O3. The summed E-state index contributed by atoms with van der Waals surface area (Å²) in [6.07, 6.45) is 5.02. The Balaban J connectivity index is 1.47. The molecule has 1 aliphatic heterocycles. The maximum atomic E-state index is 12.6. The zero-order valence-corrected chi connectivity index (χ0v) is 15.1. The van der Waals surface area contributed by atoms with Crippen LogP contribution in [0.2, 0.25) is 0 Å². The lowest BCUT2D eigenvalue weighted by Gasteiger charge is -2.32. The van der Waals surface area contributed by atoms with Crippen LogP contribution >= 0.6 is 0 Å². The molecule has 0 saturated carbocycles. The van der Waals surface area contributed by atoms with Gasteiger partial charge in [-0.15, -0.1) is 0 Å². The summed E-state index contributed by atoms with van der Waals surface area (Å²) in [6.45, 7) is 2.02. The zero-order valence-electron chi connectivity index (χ0n) is 15.1. The van der Waals surface area contributed by atoms with Gasteiger partial charge in [0.2, 0.25) is 0 Å². The van der Waals surface area contributed by atoms with Crippen molar-refractivity contribution in [2.24, 2.45) is 13.0 Å². The molecule has 1 saturated heterocycles. The first-order chi connectivity index (χ1) is 12.6. The predicted octanol–water partition coefficient (Wildman–Crippen LogP) is 1.71. The van der Waals surface area contributed by atoms with E-state index >= 15 is 0 Å². The topological polar surface area (TPSA) is 76.5 Å². The van der Waals surface area contributed by atoms with E-state index in [-0.39, 0.29) is 11.8 Å². The fourth-order valence-electron chi connectivity index (χ4n) is 3.16. The Hall–Kier alpha value is -2.83. The van der Waals surface area contributed by atoms with E-state index in [2.05, 4.69) is 10.4 Å². The molecule has 1 aromatic heterocycles. The maximum Gasteiger partial charge on any atom is 0.254 e. The van der Waals surface area contributed by atoms with Gasteiger partial charge in [0.05, 0.1) is 18.9 Å². The van der Waals surface area contributed by atoms with Gasteiger partial charge in [-0.05, 0) is 37.0 Å². The minimum absolute atomic E-state index is 0.0294. The average Bonchev–Trinajstić information content (AvgIpc) is 3.12. The van der Waals surface area contributed by atoms with Gasteiger partial charge in [-0.25, -0.2) is 0 Å². The van der Waals surface area contributed by atoms with Crippen molar-refractivity contribution in [1.29, 1.82) is 0 Å². The highest BCUT2D eigenvalue weighted by Crippen LogP contribution is 2.20. The number of nitrogens with one attached hydrogen (secondary N) is 1. The lowest BCUT2D eigenvalue weighted by atomic mass is 9.96. The number of hydrogen-bond acceptors (Lipinski definition) is 4. The lowest BCUT2D eigenvalue weighted by molar-refractivity contribution is 0.0684. The highest BCUT2D eigenvalue weighted by atomic mass is 16.5. The second-order valence-corrected chi connectivity index (χ2v) is 6.58. The normalized spacial score (nSPS) is 14.9. The van der Waals surface area contributed by atoms with E-state index in [4.69, 9.17) is 4.74 Å². The standard InChI is InChI=1S/C19H24N4O3/c1-22-13-16(12-21-22)18(24)20-11-14-6-8-23(9-7-14)19(25)15-4-3-5-17(10-15)26-2/h3-5,10,12-14H,6-9,11H2,1-2H3,(H,20,24). The Bertz CT molecular complexity index is 779. The largest absolute Gasteiger partial charge is 0.497 e. The van der Waals surface area contributed by atoms with E-state index in [9.17, 15) is 9.59 Å². The summed E-state index contributed by atoms with van der Waals surface area (Å²) in [5.74, 6) is 0.989. The predicted molar refractivity (Wildman–Crippen MR) is 97.2 cm³/mol. The molecule has 2 heterocycles. The molecule has 138 valence electrons. The molecule has 3 rings (SSSR count). The molecule has 1 aliphatic rings. The van der Waals surface area contributed by atoms with E-state index in [0.717, 1.165) is 12.8 Å². The quantitative estimate of drug-likeness (QED) is 0.885. The Labute approximate surface area is 152 Å². The number of nitrogens with zero attached hydrogens (tertiary/aromatic N) is 3. The minimum atomic E-state index is -0.104. The fraction of sp³-hybridized carbons (Fsp3) is 0.421. The molecule has 2 amide bonds. The summed E-state index contributed by atoms with van der Waals surface area (Å²) in [5.41, 5.74) is 1.21. The van der Waals surface area contributed by atoms with Crippen molar-refractivity contribution in [3.63, 3.8) is 0 Å².